The van der Waals surface area contributed by atoms with Crippen molar-refractivity contribution in [1.29, 1.82) is 0 Å². The molecule has 0 radical (unpaired) electrons. The Balaban J connectivity index is 1.94. The van der Waals surface area contributed by atoms with Gasteiger partial charge in [0.25, 0.3) is 0 Å². The summed E-state index contributed by atoms with van der Waals surface area (Å²) in [5, 5.41) is 6.29. The van der Waals surface area contributed by atoms with Crippen LogP contribution in [0.3, 0.4) is 0 Å². The molecule has 3 heteroatoms. The van der Waals surface area contributed by atoms with E-state index >= 15 is 0 Å². The van der Waals surface area contributed by atoms with Crippen molar-refractivity contribution in [1.82, 2.24) is 10.6 Å². The number of carbonyl (C=O) groups excluding carboxylic acids is 1. The molecule has 1 atom stereocenters. The summed E-state index contributed by atoms with van der Waals surface area (Å²) in [6.07, 6.45) is 2.00. The maximum atomic E-state index is 12.1. The highest BCUT2D eigenvalue weighted by molar-refractivity contribution is 5.86. The highest BCUT2D eigenvalue weighted by Gasteiger charge is 2.35. The molecular weight excluding hydrogens is 212 g/mol. The molecule has 1 fully saturated rings. The Labute approximate surface area is 103 Å². The SMILES string of the molecule is Cc1ccccc1CNC(=O)C1(C)CCCN1. The number of carbonyl (C=O) groups is 1. The smallest absolute Gasteiger partial charge is 0.240 e. The van der Waals surface area contributed by atoms with E-state index in [4.69, 9.17) is 0 Å². The summed E-state index contributed by atoms with van der Waals surface area (Å²) in [6.45, 7) is 5.60. The first-order valence-corrected chi connectivity index (χ1v) is 6.20. The van der Waals surface area contributed by atoms with Gasteiger partial charge in [-0.25, -0.2) is 0 Å². The van der Waals surface area contributed by atoms with E-state index in [9.17, 15) is 4.79 Å². The Hall–Kier alpha value is -1.35. The van der Waals surface area contributed by atoms with Gasteiger partial charge < -0.3 is 10.6 Å². The molecule has 1 unspecified atom stereocenters. The molecule has 1 aromatic rings. The molecule has 0 spiro atoms. The van der Waals surface area contributed by atoms with Crippen molar-refractivity contribution in [3.05, 3.63) is 35.4 Å². The van der Waals surface area contributed by atoms with Gasteiger partial charge in [0.15, 0.2) is 0 Å². The average molecular weight is 232 g/mol. The number of hydrogen-bond donors (Lipinski definition) is 2. The fourth-order valence-corrected chi connectivity index (χ4v) is 2.27. The topological polar surface area (TPSA) is 41.1 Å². The molecular formula is C14H20N2O. The summed E-state index contributed by atoms with van der Waals surface area (Å²) in [4.78, 5) is 12.1. The predicted octanol–water partition coefficient (Wildman–Crippen LogP) is 1.75. The lowest BCUT2D eigenvalue weighted by atomic mass is 9.99. The normalized spacial score (nSPS) is 23.6. The molecule has 0 saturated carbocycles. The second-order valence-electron chi connectivity index (χ2n) is 4.97. The Morgan fingerprint density at radius 1 is 1.47 bits per heavy atom. The maximum absolute atomic E-state index is 12.1. The van der Waals surface area contributed by atoms with E-state index in [1.807, 2.05) is 19.1 Å². The summed E-state index contributed by atoms with van der Waals surface area (Å²) in [5.74, 6) is 0.109. The second kappa shape index (κ2) is 4.88. The predicted molar refractivity (Wildman–Crippen MR) is 68.7 cm³/mol. The summed E-state index contributed by atoms with van der Waals surface area (Å²) in [6, 6.07) is 8.14. The average Bonchev–Trinajstić information content (AvgIpc) is 2.76. The van der Waals surface area contributed by atoms with Crippen LogP contribution < -0.4 is 10.6 Å². The van der Waals surface area contributed by atoms with Gasteiger partial charge in [0.2, 0.25) is 5.91 Å². The van der Waals surface area contributed by atoms with E-state index in [2.05, 4.69) is 29.7 Å². The van der Waals surface area contributed by atoms with Crippen molar-refractivity contribution in [3.8, 4) is 0 Å². The largest absolute Gasteiger partial charge is 0.350 e. The van der Waals surface area contributed by atoms with Crippen LogP contribution in [0.4, 0.5) is 0 Å². The molecule has 2 N–H and O–H groups in total. The molecule has 1 amide bonds. The van der Waals surface area contributed by atoms with Crippen LogP contribution in [0.15, 0.2) is 24.3 Å². The van der Waals surface area contributed by atoms with E-state index in [0.717, 1.165) is 19.4 Å². The third kappa shape index (κ3) is 2.67. The van der Waals surface area contributed by atoms with E-state index in [-0.39, 0.29) is 11.4 Å². The molecule has 1 heterocycles. The number of amides is 1. The van der Waals surface area contributed by atoms with Gasteiger partial charge in [0.05, 0.1) is 5.54 Å². The standard InChI is InChI=1S/C14H20N2O/c1-11-6-3-4-7-12(11)10-15-13(17)14(2)8-5-9-16-14/h3-4,6-7,16H,5,8-10H2,1-2H3,(H,15,17). The fourth-order valence-electron chi connectivity index (χ4n) is 2.27. The molecule has 92 valence electrons. The van der Waals surface area contributed by atoms with Crippen LogP contribution in [0.1, 0.15) is 30.9 Å². The van der Waals surface area contributed by atoms with Crippen LogP contribution >= 0.6 is 0 Å². The van der Waals surface area contributed by atoms with Gasteiger partial charge in [-0.15, -0.1) is 0 Å². The van der Waals surface area contributed by atoms with Crippen molar-refractivity contribution in [2.45, 2.75) is 38.8 Å². The zero-order valence-electron chi connectivity index (χ0n) is 10.5. The lowest BCUT2D eigenvalue weighted by Gasteiger charge is -2.23. The van der Waals surface area contributed by atoms with Crippen molar-refractivity contribution >= 4 is 5.91 Å². The van der Waals surface area contributed by atoms with Crippen LogP contribution in [0, 0.1) is 6.92 Å². The van der Waals surface area contributed by atoms with Crippen molar-refractivity contribution < 1.29 is 4.79 Å². The third-order valence-electron chi connectivity index (χ3n) is 3.57. The van der Waals surface area contributed by atoms with Crippen LogP contribution in [0.5, 0.6) is 0 Å². The van der Waals surface area contributed by atoms with Crippen molar-refractivity contribution in [2.24, 2.45) is 0 Å². The minimum absolute atomic E-state index is 0.109. The van der Waals surface area contributed by atoms with Gasteiger partial charge in [0.1, 0.15) is 0 Å². The highest BCUT2D eigenvalue weighted by atomic mass is 16.2. The van der Waals surface area contributed by atoms with Gasteiger partial charge in [-0.3, -0.25) is 4.79 Å². The molecule has 0 bridgehead atoms. The molecule has 0 aliphatic carbocycles. The maximum Gasteiger partial charge on any atom is 0.240 e. The van der Waals surface area contributed by atoms with Crippen LogP contribution in [-0.4, -0.2) is 18.0 Å². The Kier molecular flexibility index (Phi) is 3.48. The number of rotatable bonds is 3. The van der Waals surface area contributed by atoms with Crippen LogP contribution in [0.25, 0.3) is 0 Å². The number of benzene rings is 1. The zero-order chi connectivity index (χ0) is 12.3. The molecule has 1 aromatic carbocycles. The van der Waals surface area contributed by atoms with Crippen molar-refractivity contribution in [2.75, 3.05) is 6.54 Å². The molecule has 1 aliphatic heterocycles. The molecule has 17 heavy (non-hydrogen) atoms. The second-order valence-corrected chi connectivity index (χ2v) is 4.97. The molecule has 1 saturated heterocycles. The lowest BCUT2D eigenvalue weighted by Crippen LogP contribution is -2.50. The van der Waals surface area contributed by atoms with Gasteiger partial charge >= 0.3 is 0 Å². The molecule has 3 nitrogen and oxygen atoms in total. The minimum Gasteiger partial charge on any atom is -0.350 e. The number of nitrogens with one attached hydrogen (secondary N) is 2. The Morgan fingerprint density at radius 3 is 2.88 bits per heavy atom. The van der Waals surface area contributed by atoms with E-state index < -0.39 is 0 Å². The number of hydrogen-bond acceptors (Lipinski definition) is 2. The Bertz CT molecular complexity index is 408. The van der Waals surface area contributed by atoms with Gasteiger partial charge in [0, 0.05) is 6.54 Å². The summed E-state index contributed by atoms with van der Waals surface area (Å²) < 4.78 is 0. The van der Waals surface area contributed by atoms with E-state index in [0.29, 0.717) is 6.54 Å². The highest BCUT2D eigenvalue weighted by Crippen LogP contribution is 2.18. The van der Waals surface area contributed by atoms with E-state index in [1.54, 1.807) is 0 Å². The molecule has 0 aromatic heterocycles. The first kappa shape index (κ1) is 12.1. The monoisotopic (exact) mass is 232 g/mol. The molecule has 2 rings (SSSR count). The lowest BCUT2D eigenvalue weighted by molar-refractivity contribution is -0.126. The van der Waals surface area contributed by atoms with Crippen LogP contribution in [0.2, 0.25) is 0 Å². The fraction of sp³-hybridized carbons (Fsp3) is 0.500. The van der Waals surface area contributed by atoms with Crippen molar-refractivity contribution in [3.63, 3.8) is 0 Å². The molecule has 1 aliphatic rings. The minimum atomic E-state index is -0.372. The summed E-state index contributed by atoms with van der Waals surface area (Å²) in [5.41, 5.74) is 2.03. The first-order valence-electron chi connectivity index (χ1n) is 6.20. The first-order chi connectivity index (χ1) is 8.12. The number of aryl methyl sites for hydroxylation is 1. The third-order valence-corrected chi connectivity index (χ3v) is 3.57. The Morgan fingerprint density at radius 2 is 2.24 bits per heavy atom. The zero-order valence-corrected chi connectivity index (χ0v) is 10.5. The summed E-state index contributed by atoms with van der Waals surface area (Å²) >= 11 is 0. The van der Waals surface area contributed by atoms with Crippen LogP contribution in [-0.2, 0) is 11.3 Å². The van der Waals surface area contributed by atoms with Gasteiger partial charge in [-0.2, -0.15) is 0 Å². The summed E-state index contributed by atoms with van der Waals surface area (Å²) in [7, 11) is 0. The van der Waals surface area contributed by atoms with Gasteiger partial charge in [-0.1, -0.05) is 24.3 Å². The van der Waals surface area contributed by atoms with E-state index in [1.165, 1.54) is 11.1 Å². The quantitative estimate of drug-likeness (QED) is 0.833. The van der Waals surface area contributed by atoms with Gasteiger partial charge in [-0.05, 0) is 44.4 Å².